The summed E-state index contributed by atoms with van der Waals surface area (Å²) in [7, 11) is 0. The van der Waals surface area contributed by atoms with Crippen molar-refractivity contribution in [2.45, 2.75) is 58.9 Å². The van der Waals surface area contributed by atoms with Crippen LogP contribution in [0.2, 0.25) is 0 Å². The van der Waals surface area contributed by atoms with Crippen molar-refractivity contribution in [2.24, 2.45) is 0 Å². The molecule has 0 fully saturated rings. The van der Waals surface area contributed by atoms with E-state index in [-0.39, 0.29) is 11.1 Å². The van der Waals surface area contributed by atoms with Crippen LogP contribution in [0, 0.1) is 6.92 Å². The first kappa shape index (κ1) is 22.4. The molecule has 0 unspecified atom stereocenters. The Balaban J connectivity index is 0.000000271. The van der Waals surface area contributed by atoms with Gasteiger partial charge in [0.05, 0.1) is 11.5 Å². The van der Waals surface area contributed by atoms with Gasteiger partial charge in [0.2, 0.25) is 0 Å². The van der Waals surface area contributed by atoms with Gasteiger partial charge in [0.25, 0.3) is 0 Å². The highest BCUT2D eigenvalue weighted by molar-refractivity contribution is 5.94. The van der Waals surface area contributed by atoms with Crippen LogP contribution in [-0.4, -0.2) is 17.0 Å². The minimum atomic E-state index is -1.37. The van der Waals surface area contributed by atoms with Crippen molar-refractivity contribution in [1.82, 2.24) is 0 Å². The number of carbonyl (C=O) groups excluding carboxylic acids is 1. The number of pyridine rings is 1. The van der Waals surface area contributed by atoms with Crippen LogP contribution >= 0.6 is 0 Å². The largest absolute Gasteiger partial charge is 0.545 e. The maximum Gasteiger partial charge on any atom is 0.335 e. The van der Waals surface area contributed by atoms with Crippen LogP contribution in [-0.2, 0) is 6.54 Å². The molecule has 0 saturated heterocycles. The number of hydrogen-bond donors (Lipinski definition) is 1. The third kappa shape index (κ3) is 8.99. The zero-order valence-electron chi connectivity index (χ0n) is 16.2. The molecular formula is C22H29NO4. The summed E-state index contributed by atoms with van der Waals surface area (Å²) in [4.78, 5) is 21.0. The van der Waals surface area contributed by atoms with E-state index in [0.717, 1.165) is 6.07 Å². The molecule has 146 valence electrons. The second-order valence-electron chi connectivity index (χ2n) is 6.50. The van der Waals surface area contributed by atoms with Gasteiger partial charge in [-0.25, -0.2) is 9.36 Å². The minimum absolute atomic E-state index is 0.0123. The quantitative estimate of drug-likeness (QED) is 0.541. The van der Waals surface area contributed by atoms with Gasteiger partial charge < -0.3 is 15.0 Å². The smallest absolute Gasteiger partial charge is 0.335 e. The summed E-state index contributed by atoms with van der Waals surface area (Å²) in [6.45, 7) is 5.04. The molecule has 2 aromatic rings. The first-order valence-corrected chi connectivity index (χ1v) is 9.45. The summed E-state index contributed by atoms with van der Waals surface area (Å²) in [5.74, 6) is -2.51. The first-order valence-electron chi connectivity index (χ1n) is 9.45. The van der Waals surface area contributed by atoms with E-state index in [2.05, 4.69) is 42.1 Å². The molecule has 2 rings (SSSR count). The fourth-order valence-electron chi connectivity index (χ4n) is 2.64. The topological polar surface area (TPSA) is 81.3 Å². The summed E-state index contributed by atoms with van der Waals surface area (Å²) in [5, 5.41) is 19.0. The SMILES string of the molecule is CCCCCCCC[n+]1ccccc1.Cc1ccc(C(=O)[O-])cc1C(=O)O. The number of carboxylic acid groups (broad SMARTS) is 2. The minimum Gasteiger partial charge on any atom is -0.545 e. The fraction of sp³-hybridized carbons (Fsp3) is 0.409. The Bertz CT molecular complexity index is 714. The Hall–Kier alpha value is -2.69. The highest BCUT2D eigenvalue weighted by atomic mass is 16.4. The van der Waals surface area contributed by atoms with E-state index >= 15 is 0 Å². The molecule has 5 heteroatoms. The lowest BCUT2D eigenvalue weighted by molar-refractivity contribution is -0.697. The standard InChI is InChI=1S/C13H22N.C9H8O4/c1-2-3-4-5-6-8-11-14-12-9-7-10-13-14;1-5-2-3-6(8(10)11)4-7(5)9(12)13/h7,9-10,12-13H,2-6,8,11H2,1H3;2-4H,1H3,(H,10,11)(H,12,13)/q+1;/p-1. The molecule has 5 nitrogen and oxygen atoms in total. The van der Waals surface area contributed by atoms with Crippen molar-refractivity contribution in [3.8, 4) is 0 Å². The predicted octanol–water partition coefficient (Wildman–Crippen LogP) is 3.39. The van der Waals surface area contributed by atoms with Gasteiger partial charge in [0, 0.05) is 18.6 Å². The van der Waals surface area contributed by atoms with E-state index in [1.54, 1.807) is 6.92 Å². The number of unbranched alkanes of at least 4 members (excludes halogenated alkanes) is 5. The second kappa shape index (κ2) is 12.6. The number of nitrogens with zero attached hydrogens (tertiary/aromatic N) is 1. The molecule has 0 aliphatic carbocycles. The van der Waals surface area contributed by atoms with Gasteiger partial charge in [-0.2, -0.15) is 0 Å². The van der Waals surface area contributed by atoms with Gasteiger partial charge in [-0.3, -0.25) is 0 Å². The number of hydrogen-bond acceptors (Lipinski definition) is 3. The van der Waals surface area contributed by atoms with Gasteiger partial charge in [-0.15, -0.1) is 0 Å². The Kier molecular flexibility index (Phi) is 10.5. The molecule has 0 radical (unpaired) electrons. The third-order valence-electron chi connectivity index (χ3n) is 4.25. The molecule has 0 amide bonds. The van der Waals surface area contributed by atoms with Crippen LogP contribution in [0.5, 0.6) is 0 Å². The molecule has 1 N–H and O–H groups in total. The summed E-state index contributed by atoms with van der Waals surface area (Å²) >= 11 is 0. The molecule has 0 atom stereocenters. The maximum absolute atomic E-state index is 10.6. The number of carbonyl (C=O) groups is 2. The molecule has 0 aliphatic heterocycles. The average molecular weight is 371 g/mol. The van der Waals surface area contributed by atoms with E-state index in [0.29, 0.717) is 5.56 Å². The number of aromatic carboxylic acids is 2. The molecule has 1 heterocycles. The number of carboxylic acids is 2. The third-order valence-corrected chi connectivity index (χ3v) is 4.25. The van der Waals surface area contributed by atoms with Crippen LogP contribution in [0.25, 0.3) is 0 Å². The highest BCUT2D eigenvalue weighted by Gasteiger charge is 2.07. The second-order valence-corrected chi connectivity index (χ2v) is 6.50. The zero-order chi connectivity index (χ0) is 20.1. The molecule has 0 aliphatic rings. The molecule has 1 aromatic carbocycles. The van der Waals surface area contributed by atoms with E-state index in [9.17, 15) is 14.7 Å². The van der Waals surface area contributed by atoms with Gasteiger partial charge in [-0.05, 0) is 30.5 Å². The number of aromatic nitrogens is 1. The van der Waals surface area contributed by atoms with E-state index in [1.807, 2.05) is 0 Å². The van der Waals surface area contributed by atoms with Crippen molar-refractivity contribution in [3.05, 3.63) is 65.5 Å². The van der Waals surface area contributed by atoms with Crippen molar-refractivity contribution >= 4 is 11.9 Å². The Morgan fingerprint density at radius 1 is 1.00 bits per heavy atom. The molecular weight excluding hydrogens is 342 g/mol. The van der Waals surface area contributed by atoms with E-state index < -0.39 is 11.9 Å². The average Bonchev–Trinajstić information content (AvgIpc) is 2.66. The van der Waals surface area contributed by atoms with Crippen LogP contribution in [0.1, 0.15) is 71.7 Å². The van der Waals surface area contributed by atoms with E-state index in [1.165, 1.54) is 57.2 Å². The summed E-state index contributed by atoms with van der Waals surface area (Å²) in [5.41, 5.74) is 0.391. The normalized spacial score (nSPS) is 10.0. The predicted molar refractivity (Wildman–Crippen MR) is 102 cm³/mol. The Morgan fingerprint density at radius 3 is 2.22 bits per heavy atom. The Morgan fingerprint density at radius 2 is 1.63 bits per heavy atom. The number of benzene rings is 1. The maximum atomic E-state index is 10.6. The monoisotopic (exact) mass is 371 g/mol. The summed E-state index contributed by atoms with van der Waals surface area (Å²) < 4.78 is 2.26. The first-order chi connectivity index (χ1) is 13.0. The van der Waals surface area contributed by atoms with Crippen molar-refractivity contribution in [1.29, 1.82) is 0 Å². The van der Waals surface area contributed by atoms with Gasteiger partial charge in [-0.1, -0.05) is 50.8 Å². The van der Waals surface area contributed by atoms with Crippen LogP contribution in [0.3, 0.4) is 0 Å². The lowest BCUT2D eigenvalue weighted by Crippen LogP contribution is -2.32. The highest BCUT2D eigenvalue weighted by Crippen LogP contribution is 2.10. The summed E-state index contributed by atoms with van der Waals surface area (Å²) in [6, 6.07) is 10.1. The Labute approximate surface area is 161 Å². The molecule has 0 saturated carbocycles. The van der Waals surface area contributed by atoms with Crippen LogP contribution in [0.15, 0.2) is 48.8 Å². The van der Waals surface area contributed by atoms with Crippen molar-refractivity contribution in [3.63, 3.8) is 0 Å². The lowest BCUT2D eigenvalue weighted by atomic mass is 10.1. The van der Waals surface area contributed by atoms with Gasteiger partial charge >= 0.3 is 5.97 Å². The molecule has 0 bridgehead atoms. The van der Waals surface area contributed by atoms with Gasteiger partial charge in [0.1, 0.15) is 6.54 Å². The van der Waals surface area contributed by atoms with Crippen molar-refractivity contribution in [2.75, 3.05) is 0 Å². The molecule has 27 heavy (non-hydrogen) atoms. The number of aryl methyl sites for hydroxylation is 2. The zero-order valence-corrected chi connectivity index (χ0v) is 16.2. The fourth-order valence-corrected chi connectivity index (χ4v) is 2.64. The van der Waals surface area contributed by atoms with Crippen LogP contribution in [0.4, 0.5) is 0 Å². The van der Waals surface area contributed by atoms with Crippen molar-refractivity contribution < 1.29 is 24.4 Å². The summed E-state index contributed by atoms with van der Waals surface area (Å²) in [6.07, 6.45) is 12.5. The lowest BCUT2D eigenvalue weighted by Gasteiger charge is -2.05. The van der Waals surface area contributed by atoms with Gasteiger partial charge in [0.15, 0.2) is 12.4 Å². The number of rotatable bonds is 9. The van der Waals surface area contributed by atoms with Crippen LogP contribution < -0.4 is 9.67 Å². The van der Waals surface area contributed by atoms with E-state index in [4.69, 9.17) is 5.11 Å². The molecule has 1 aromatic heterocycles. The molecule has 0 spiro atoms.